The molecule has 0 aromatic heterocycles. The monoisotopic (exact) mass is 180 g/mol. The Morgan fingerprint density at radius 1 is 1.38 bits per heavy atom. The van der Waals surface area contributed by atoms with Gasteiger partial charge in [0.2, 0.25) is 0 Å². The van der Waals surface area contributed by atoms with Crippen molar-refractivity contribution < 1.29 is 19.7 Å². The zero-order chi connectivity index (χ0) is 9.42. The fraction of sp³-hybridized carbons (Fsp3) is 0.222. The highest BCUT2D eigenvalue weighted by Gasteiger charge is 2.32. The van der Waals surface area contributed by atoms with Crippen LogP contribution in [0.1, 0.15) is 10.4 Å². The quantitative estimate of drug-likeness (QED) is 0.399. The van der Waals surface area contributed by atoms with Gasteiger partial charge in [-0.25, -0.2) is 0 Å². The largest absolute Gasteiger partial charge is 0.504 e. The van der Waals surface area contributed by atoms with Crippen LogP contribution in [-0.4, -0.2) is 28.7 Å². The Labute approximate surface area is 74.4 Å². The van der Waals surface area contributed by atoms with Crippen molar-refractivity contribution >= 4 is 5.78 Å². The Morgan fingerprint density at radius 3 is 2.62 bits per heavy atom. The lowest BCUT2D eigenvalue weighted by atomic mass is 10.1. The third-order valence-electron chi connectivity index (χ3n) is 1.89. The molecule has 1 fully saturated rings. The average molecular weight is 180 g/mol. The lowest BCUT2D eigenvalue weighted by Crippen LogP contribution is -2.06. The van der Waals surface area contributed by atoms with Crippen molar-refractivity contribution in [1.29, 1.82) is 0 Å². The molecule has 0 aliphatic carbocycles. The molecule has 68 valence electrons. The third kappa shape index (κ3) is 1.48. The van der Waals surface area contributed by atoms with Gasteiger partial charge in [0.05, 0.1) is 6.61 Å². The number of ketones is 1. The van der Waals surface area contributed by atoms with E-state index in [1.165, 1.54) is 18.2 Å². The van der Waals surface area contributed by atoms with Crippen LogP contribution in [0.25, 0.3) is 0 Å². The minimum absolute atomic E-state index is 0.157. The van der Waals surface area contributed by atoms with Crippen molar-refractivity contribution in [1.82, 2.24) is 0 Å². The summed E-state index contributed by atoms with van der Waals surface area (Å²) in [6.45, 7) is 0.445. The molecule has 0 amide bonds. The molecule has 1 atom stereocenters. The first-order valence-corrected chi connectivity index (χ1v) is 3.86. The Kier molecular flexibility index (Phi) is 1.70. The molecule has 1 aromatic rings. The Bertz CT molecular complexity index is 355. The van der Waals surface area contributed by atoms with Gasteiger partial charge in [-0.05, 0) is 18.2 Å². The van der Waals surface area contributed by atoms with Crippen LogP contribution in [0.2, 0.25) is 0 Å². The Hall–Kier alpha value is -1.55. The molecule has 4 heteroatoms. The molecule has 0 saturated carbocycles. The van der Waals surface area contributed by atoms with E-state index in [1.807, 2.05) is 0 Å². The normalized spacial score (nSPS) is 19.8. The molecule has 0 radical (unpaired) electrons. The molecular weight excluding hydrogens is 172 g/mol. The molecule has 0 bridgehead atoms. The summed E-state index contributed by atoms with van der Waals surface area (Å²) in [5, 5.41) is 18.1. The molecule has 2 N–H and O–H groups in total. The zero-order valence-corrected chi connectivity index (χ0v) is 6.73. The summed E-state index contributed by atoms with van der Waals surface area (Å²) < 4.78 is 4.80. The molecule has 0 spiro atoms. The predicted octanol–water partition coefficient (Wildman–Crippen LogP) is 0.679. The number of carbonyl (C=O) groups is 1. The fourth-order valence-corrected chi connectivity index (χ4v) is 1.06. The van der Waals surface area contributed by atoms with Gasteiger partial charge in [0.15, 0.2) is 17.3 Å². The number of ether oxygens (including phenoxy) is 1. The van der Waals surface area contributed by atoms with Crippen LogP contribution in [0.15, 0.2) is 18.2 Å². The number of phenolic OH excluding ortho intramolecular Hbond substituents is 2. The average Bonchev–Trinajstić information content (AvgIpc) is 2.91. The zero-order valence-electron chi connectivity index (χ0n) is 6.73. The van der Waals surface area contributed by atoms with Crippen molar-refractivity contribution in [2.45, 2.75) is 6.10 Å². The van der Waals surface area contributed by atoms with Crippen molar-refractivity contribution in [3.63, 3.8) is 0 Å². The number of hydrogen-bond acceptors (Lipinski definition) is 4. The number of phenols is 2. The maximum Gasteiger partial charge on any atom is 0.194 e. The van der Waals surface area contributed by atoms with Gasteiger partial charge in [0.25, 0.3) is 0 Å². The number of rotatable bonds is 2. The van der Waals surface area contributed by atoms with E-state index in [1.54, 1.807) is 0 Å². The van der Waals surface area contributed by atoms with Crippen molar-refractivity contribution in [3.05, 3.63) is 23.8 Å². The molecule has 2 rings (SSSR count). The highest BCUT2D eigenvalue weighted by Crippen LogP contribution is 2.27. The fourth-order valence-electron chi connectivity index (χ4n) is 1.06. The number of Topliss-reactive ketones (excluding diaryl/α,β-unsaturated/α-hetero) is 1. The van der Waals surface area contributed by atoms with Gasteiger partial charge in [-0.2, -0.15) is 0 Å². The van der Waals surface area contributed by atoms with Crippen LogP contribution in [0, 0.1) is 0 Å². The van der Waals surface area contributed by atoms with Crippen LogP contribution in [0.5, 0.6) is 11.5 Å². The number of hydrogen-bond donors (Lipinski definition) is 2. The van der Waals surface area contributed by atoms with Gasteiger partial charge < -0.3 is 14.9 Å². The van der Waals surface area contributed by atoms with E-state index in [4.69, 9.17) is 14.9 Å². The van der Waals surface area contributed by atoms with Gasteiger partial charge in [-0.15, -0.1) is 0 Å². The predicted molar refractivity (Wildman–Crippen MR) is 43.8 cm³/mol. The van der Waals surface area contributed by atoms with E-state index in [0.717, 1.165) is 0 Å². The minimum Gasteiger partial charge on any atom is -0.504 e. The summed E-state index contributed by atoms with van der Waals surface area (Å²) in [4.78, 5) is 11.4. The summed E-state index contributed by atoms with van der Waals surface area (Å²) in [5.41, 5.74) is 0.359. The third-order valence-corrected chi connectivity index (χ3v) is 1.89. The second-order valence-electron chi connectivity index (χ2n) is 2.89. The SMILES string of the molecule is O=C(c1ccc(O)c(O)c1)C1CO1. The standard InChI is InChI=1S/C9H8O4/c10-6-2-1-5(3-7(6)11)9(12)8-4-13-8/h1-3,8,10-11H,4H2. The van der Waals surface area contributed by atoms with Crippen LogP contribution in [0.4, 0.5) is 0 Å². The highest BCUT2D eigenvalue weighted by atomic mass is 16.6. The molecule has 1 heterocycles. The van der Waals surface area contributed by atoms with E-state index < -0.39 is 0 Å². The van der Waals surface area contributed by atoms with Crippen molar-refractivity contribution in [2.75, 3.05) is 6.61 Å². The number of carbonyl (C=O) groups excluding carboxylic acids is 1. The van der Waals surface area contributed by atoms with E-state index >= 15 is 0 Å². The number of aromatic hydroxyl groups is 2. The lowest BCUT2D eigenvalue weighted by Gasteiger charge is -1.99. The summed E-state index contributed by atoms with van der Waals surface area (Å²) in [6, 6.07) is 3.98. The minimum atomic E-state index is -0.357. The van der Waals surface area contributed by atoms with Gasteiger partial charge in [-0.3, -0.25) is 4.79 Å². The second kappa shape index (κ2) is 2.74. The first kappa shape index (κ1) is 8.07. The van der Waals surface area contributed by atoms with Gasteiger partial charge >= 0.3 is 0 Å². The summed E-state index contributed by atoms with van der Waals surface area (Å²) in [6.07, 6.45) is -0.357. The van der Waals surface area contributed by atoms with Gasteiger partial charge in [0.1, 0.15) is 6.10 Å². The van der Waals surface area contributed by atoms with Crippen molar-refractivity contribution in [3.8, 4) is 11.5 Å². The first-order chi connectivity index (χ1) is 6.18. The van der Waals surface area contributed by atoms with E-state index in [-0.39, 0.29) is 23.4 Å². The van der Waals surface area contributed by atoms with E-state index in [2.05, 4.69) is 0 Å². The van der Waals surface area contributed by atoms with Crippen LogP contribution < -0.4 is 0 Å². The molecule has 1 saturated heterocycles. The van der Waals surface area contributed by atoms with Crippen molar-refractivity contribution in [2.24, 2.45) is 0 Å². The smallest absolute Gasteiger partial charge is 0.194 e. The molecule has 1 aliphatic heterocycles. The summed E-state index contributed by atoms with van der Waals surface area (Å²) in [7, 11) is 0. The highest BCUT2D eigenvalue weighted by molar-refractivity contribution is 6.01. The topological polar surface area (TPSA) is 70.1 Å². The molecule has 1 unspecified atom stereocenters. The molecule has 1 aliphatic rings. The van der Waals surface area contributed by atoms with Crippen LogP contribution in [-0.2, 0) is 4.74 Å². The Morgan fingerprint density at radius 2 is 2.08 bits per heavy atom. The second-order valence-corrected chi connectivity index (χ2v) is 2.89. The van der Waals surface area contributed by atoms with Gasteiger partial charge in [-0.1, -0.05) is 0 Å². The molecule has 13 heavy (non-hydrogen) atoms. The van der Waals surface area contributed by atoms with Crippen LogP contribution in [0.3, 0.4) is 0 Å². The lowest BCUT2D eigenvalue weighted by molar-refractivity contribution is 0.0953. The maximum atomic E-state index is 11.4. The van der Waals surface area contributed by atoms with Crippen LogP contribution >= 0.6 is 0 Å². The Balaban J connectivity index is 2.30. The number of epoxide rings is 1. The first-order valence-electron chi connectivity index (χ1n) is 3.86. The molecular formula is C9H8O4. The molecule has 1 aromatic carbocycles. The maximum absolute atomic E-state index is 11.4. The number of benzene rings is 1. The van der Waals surface area contributed by atoms with E-state index in [0.29, 0.717) is 12.2 Å². The molecule has 4 nitrogen and oxygen atoms in total. The van der Waals surface area contributed by atoms with E-state index in [9.17, 15) is 4.79 Å². The van der Waals surface area contributed by atoms with Gasteiger partial charge in [0, 0.05) is 5.56 Å². The summed E-state index contributed by atoms with van der Waals surface area (Å²) >= 11 is 0. The summed E-state index contributed by atoms with van der Waals surface area (Å²) in [5.74, 6) is -0.671.